The lowest BCUT2D eigenvalue weighted by atomic mass is 10.2. The van der Waals surface area contributed by atoms with Crippen molar-refractivity contribution in [1.29, 1.82) is 0 Å². The SMILES string of the molecule is COC1CNC(C(=O)OCc2cccs2)C1. The fraction of sp³-hybridized carbons (Fsp3) is 0.545. The van der Waals surface area contributed by atoms with Crippen molar-refractivity contribution in [2.45, 2.75) is 25.2 Å². The fourth-order valence-corrected chi connectivity index (χ4v) is 2.32. The molecule has 0 aliphatic carbocycles. The topological polar surface area (TPSA) is 47.6 Å². The lowest BCUT2D eigenvalue weighted by Crippen LogP contribution is -2.32. The zero-order valence-corrected chi connectivity index (χ0v) is 9.96. The van der Waals surface area contributed by atoms with Crippen LogP contribution in [-0.4, -0.2) is 31.8 Å². The summed E-state index contributed by atoms with van der Waals surface area (Å²) < 4.78 is 10.4. The second-order valence-electron chi connectivity index (χ2n) is 3.74. The van der Waals surface area contributed by atoms with Crippen molar-refractivity contribution < 1.29 is 14.3 Å². The highest BCUT2D eigenvalue weighted by atomic mass is 32.1. The van der Waals surface area contributed by atoms with Crippen LogP contribution >= 0.6 is 11.3 Å². The summed E-state index contributed by atoms with van der Waals surface area (Å²) >= 11 is 1.59. The normalized spacial score (nSPS) is 24.6. The minimum absolute atomic E-state index is 0.124. The number of carbonyl (C=O) groups excluding carboxylic acids is 1. The first kappa shape index (κ1) is 11.6. The molecule has 1 saturated heterocycles. The molecule has 16 heavy (non-hydrogen) atoms. The summed E-state index contributed by atoms with van der Waals surface area (Å²) in [6.07, 6.45) is 0.819. The van der Waals surface area contributed by atoms with Crippen LogP contribution < -0.4 is 5.32 Å². The maximum absolute atomic E-state index is 11.7. The van der Waals surface area contributed by atoms with Crippen LogP contribution in [0.1, 0.15) is 11.3 Å². The Labute approximate surface area is 98.6 Å². The van der Waals surface area contributed by atoms with E-state index in [1.807, 2.05) is 17.5 Å². The van der Waals surface area contributed by atoms with Gasteiger partial charge in [-0.3, -0.25) is 4.79 Å². The molecule has 88 valence electrons. The van der Waals surface area contributed by atoms with Gasteiger partial charge in [0, 0.05) is 25.0 Å². The predicted octanol–water partition coefficient (Wildman–Crippen LogP) is 1.17. The van der Waals surface area contributed by atoms with Gasteiger partial charge in [0.15, 0.2) is 0 Å². The summed E-state index contributed by atoms with van der Waals surface area (Å²) in [7, 11) is 1.66. The van der Waals surface area contributed by atoms with Crippen LogP contribution in [0.4, 0.5) is 0 Å². The summed E-state index contributed by atoms with van der Waals surface area (Å²) in [5.41, 5.74) is 0. The maximum Gasteiger partial charge on any atom is 0.323 e. The van der Waals surface area contributed by atoms with Crippen molar-refractivity contribution in [3.05, 3.63) is 22.4 Å². The molecule has 1 aliphatic rings. The van der Waals surface area contributed by atoms with Crippen LogP contribution in [0.2, 0.25) is 0 Å². The summed E-state index contributed by atoms with van der Waals surface area (Å²) in [5.74, 6) is -0.187. The molecule has 0 aromatic carbocycles. The van der Waals surface area contributed by atoms with E-state index in [9.17, 15) is 4.79 Å². The lowest BCUT2D eigenvalue weighted by Gasteiger charge is -2.09. The van der Waals surface area contributed by atoms with Crippen molar-refractivity contribution in [2.75, 3.05) is 13.7 Å². The third kappa shape index (κ3) is 2.81. The minimum Gasteiger partial charge on any atom is -0.459 e. The van der Waals surface area contributed by atoms with Gasteiger partial charge in [-0.05, 0) is 11.4 Å². The van der Waals surface area contributed by atoms with Gasteiger partial charge >= 0.3 is 5.97 Å². The number of rotatable bonds is 4. The highest BCUT2D eigenvalue weighted by molar-refractivity contribution is 7.09. The summed E-state index contributed by atoms with van der Waals surface area (Å²) in [4.78, 5) is 12.7. The molecule has 0 bridgehead atoms. The summed E-state index contributed by atoms with van der Waals surface area (Å²) in [6, 6.07) is 3.69. The molecule has 0 radical (unpaired) electrons. The van der Waals surface area contributed by atoms with Crippen LogP contribution in [0.3, 0.4) is 0 Å². The Balaban J connectivity index is 1.76. The average Bonchev–Trinajstić information content (AvgIpc) is 2.96. The molecule has 2 rings (SSSR count). The van der Waals surface area contributed by atoms with E-state index in [2.05, 4.69) is 5.32 Å². The molecule has 1 aromatic rings. The van der Waals surface area contributed by atoms with E-state index < -0.39 is 0 Å². The molecule has 5 heteroatoms. The minimum atomic E-state index is -0.218. The number of nitrogens with one attached hydrogen (secondary N) is 1. The number of hydrogen-bond acceptors (Lipinski definition) is 5. The molecule has 4 nitrogen and oxygen atoms in total. The number of carbonyl (C=O) groups is 1. The standard InChI is InChI=1S/C11H15NO3S/c1-14-8-5-10(12-6-8)11(13)15-7-9-3-2-4-16-9/h2-4,8,10,12H,5-7H2,1H3. The Kier molecular flexibility index (Phi) is 3.93. The van der Waals surface area contributed by atoms with Crippen molar-refractivity contribution in [2.24, 2.45) is 0 Å². The van der Waals surface area contributed by atoms with Crippen LogP contribution in [0.5, 0.6) is 0 Å². The van der Waals surface area contributed by atoms with Gasteiger partial charge in [-0.2, -0.15) is 0 Å². The zero-order chi connectivity index (χ0) is 11.4. The van der Waals surface area contributed by atoms with Crippen LogP contribution in [0.25, 0.3) is 0 Å². The molecule has 1 N–H and O–H groups in total. The van der Waals surface area contributed by atoms with Gasteiger partial charge in [-0.25, -0.2) is 0 Å². The maximum atomic E-state index is 11.7. The van der Waals surface area contributed by atoms with Gasteiger partial charge in [0.2, 0.25) is 0 Å². The van der Waals surface area contributed by atoms with E-state index in [1.54, 1.807) is 18.4 Å². The Bertz CT molecular complexity index is 339. The highest BCUT2D eigenvalue weighted by Gasteiger charge is 2.30. The van der Waals surface area contributed by atoms with Crippen molar-refractivity contribution >= 4 is 17.3 Å². The van der Waals surface area contributed by atoms with Crippen molar-refractivity contribution in [1.82, 2.24) is 5.32 Å². The fourth-order valence-electron chi connectivity index (χ4n) is 1.70. The van der Waals surface area contributed by atoms with Gasteiger partial charge in [0.25, 0.3) is 0 Å². The average molecular weight is 241 g/mol. The molecule has 1 fully saturated rings. The smallest absolute Gasteiger partial charge is 0.323 e. The predicted molar refractivity (Wildman–Crippen MR) is 61.3 cm³/mol. The van der Waals surface area contributed by atoms with Gasteiger partial charge in [-0.1, -0.05) is 6.07 Å². The molecule has 0 spiro atoms. The first-order chi connectivity index (χ1) is 7.79. The molecule has 0 amide bonds. The number of esters is 1. The summed E-state index contributed by atoms with van der Waals surface area (Å²) in [6.45, 7) is 1.08. The van der Waals surface area contributed by atoms with Gasteiger partial charge in [-0.15, -0.1) is 11.3 Å². The monoisotopic (exact) mass is 241 g/mol. The third-order valence-electron chi connectivity index (χ3n) is 2.65. The zero-order valence-electron chi connectivity index (χ0n) is 9.14. The Hall–Kier alpha value is -0.910. The van der Waals surface area contributed by atoms with E-state index in [1.165, 1.54) is 0 Å². The Morgan fingerprint density at radius 3 is 3.19 bits per heavy atom. The first-order valence-electron chi connectivity index (χ1n) is 5.25. The molecule has 0 saturated carbocycles. The lowest BCUT2D eigenvalue weighted by molar-refractivity contribution is -0.147. The number of ether oxygens (including phenoxy) is 2. The van der Waals surface area contributed by atoms with E-state index in [0.717, 1.165) is 11.4 Å². The molecule has 2 heterocycles. The molecule has 2 atom stereocenters. The number of methoxy groups -OCH3 is 1. The van der Waals surface area contributed by atoms with E-state index in [4.69, 9.17) is 9.47 Å². The second kappa shape index (κ2) is 5.43. The van der Waals surface area contributed by atoms with E-state index >= 15 is 0 Å². The van der Waals surface area contributed by atoms with Crippen LogP contribution in [-0.2, 0) is 20.9 Å². The van der Waals surface area contributed by atoms with Crippen LogP contribution in [0, 0.1) is 0 Å². The Morgan fingerprint density at radius 2 is 2.56 bits per heavy atom. The van der Waals surface area contributed by atoms with Crippen LogP contribution in [0.15, 0.2) is 17.5 Å². The number of hydrogen-bond donors (Lipinski definition) is 1. The first-order valence-corrected chi connectivity index (χ1v) is 6.12. The molecular weight excluding hydrogens is 226 g/mol. The van der Waals surface area contributed by atoms with E-state index in [-0.39, 0.29) is 18.1 Å². The van der Waals surface area contributed by atoms with Crippen molar-refractivity contribution in [3.63, 3.8) is 0 Å². The van der Waals surface area contributed by atoms with Gasteiger partial charge in [0.05, 0.1) is 6.10 Å². The van der Waals surface area contributed by atoms with Gasteiger partial charge in [0.1, 0.15) is 12.6 Å². The molecule has 1 aliphatic heterocycles. The summed E-state index contributed by atoms with van der Waals surface area (Å²) in [5, 5.41) is 5.06. The molecule has 2 unspecified atom stereocenters. The largest absolute Gasteiger partial charge is 0.459 e. The Morgan fingerprint density at radius 1 is 1.69 bits per heavy atom. The quantitative estimate of drug-likeness (QED) is 0.804. The second-order valence-corrected chi connectivity index (χ2v) is 4.77. The number of thiophene rings is 1. The van der Waals surface area contributed by atoms with Crippen molar-refractivity contribution in [3.8, 4) is 0 Å². The molecule has 1 aromatic heterocycles. The molecular formula is C11H15NO3S. The van der Waals surface area contributed by atoms with Gasteiger partial charge < -0.3 is 14.8 Å². The van der Waals surface area contributed by atoms with E-state index in [0.29, 0.717) is 13.0 Å². The highest BCUT2D eigenvalue weighted by Crippen LogP contribution is 2.14. The third-order valence-corrected chi connectivity index (χ3v) is 3.50.